The minimum Gasteiger partial charge on any atom is -0.489 e. The van der Waals surface area contributed by atoms with Gasteiger partial charge in [-0.2, -0.15) is 13.2 Å². The van der Waals surface area contributed by atoms with Crippen molar-refractivity contribution in [1.82, 2.24) is 9.88 Å². The topological polar surface area (TPSA) is 26.2 Å². The van der Waals surface area contributed by atoms with Crippen molar-refractivity contribution in [3.05, 3.63) is 125 Å². The average molecular weight is 547 g/mol. The molecule has 0 saturated heterocycles. The van der Waals surface area contributed by atoms with Gasteiger partial charge in [-0.25, -0.2) is 4.39 Å². The van der Waals surface area contributed by atoms with Crippen LogP contribution in [0.2, 0.25) is 0 Å². The lowest BCUT2D eigenvalue weighted by Gasteiger charge is -2.16. The van der Waals surface area contributed by atoms with Gasteiger partial charge in [-0.1, -0.05) is 79.7 Å². The van der Waals surface area contributed by atoms with Crippen molar-refractivity contribution in [3.63, 3.8) is 0 Å². The van der Waals surface area contributed by atoms with Crippen molar-refractivity contribution in [2.45, 2.75) is 32.7 Å². The molecule has 0 aliphatic heterocycles. The fourth-order valence-corrected chi connectivity index (χ4v) is 4.89. The van der Waals surface area contributed by atoms with E-state index in [0.717, 1.165) is 42.3 Å². The van der Waals surface area contributed by atoms with E-state index in [9.17, 15) is 13.2 Å². The Morgan fingerprint density at radius 1 is 0.800 bits per heavy atom. The summed E-state index contributed by atoms with van der Waals surface area (Å²) in [6.07, 6.45) is -3.77. The number of nitrogens with zero attached hydrogens (tertiary/aromatic N) is 1. The van der Waals surface area contributed by atoms with Gasteiger partial charge >= 0.3 is 6.18 Å². The highest BCUT2D eigenvalue weighted by molar-refractivity contribution is 5.90. The number of alkyl halides is 3. The van der Waals surface area contributed by atoms with Crippen LogP contribution < -0.4 is 10.1 Å². The molecule has 1 aromatic heterocycles. The van der Waals surface area contributed by atoms with Gasteiger partial charge in [-0.3, -0.25) is 0 Å². The van der Waals surface area contributed by atoms with Crippen molar-refractivity contribution < 1.29 is 22.3 Å². The molecule has 0 bridgehead atoms. The molecule has 0 fully saturated rings. The van der Waals surface area contributed by atoms with Crippen LogP contribution in [0.3, 0.4) is 0 Å². The van der Waals surface area contributed by atoms with E-state index >= 15 is 4.39 Å². The van der Waals surface area contributed by atoms with E-state index in [-0.39, 0.29) is 23.2 Å². The molecule has 1 N–H and O–H groups in total. The van der Waals surface area contributed by atoms with Crippen LogP contribution in [0.1, 0.15) is 29.2 Å². The number of likely N-dealkylation sites (N-methyl/N-ethyl adjacent to an activating group) is 1. The van der Waals surface area contributed by atoms with Gasteiger partial charge in [0.05, 0.1) is 16.8 Å². The number of ether oxygens (including phenoxy) is 1. The number of fused-ring (bicyclic) bond motifs is 1. The van der Waals surface area contributed by atoms with Gasteiger partial charge in [0.15, 0.2) is 5.82 Å². The first-order chi connectivity index (χ1) is 19.3. The molecule has 0 atom stereocenters. The highest BCUT2D eigenvalue weighted by atomic mass is 19.4. The molecule has 4 aromatic carbocycles. The summed E-state index contributed by atoms with van der Waals surface area (Å²) in [5, 5.41) is 3.50. The summed E-state index contributed by atoms with van der Waals surface area (Å²) >= 11 is 0. The monoisotopic (exact) mass is 546 g/mol. The lowest BCUT2D eigenvalue weighted by molar-refractivity contribution is -0.137. The molecular formula is C33H30F4N2O. The zero-order valence-corrected chi connectivity index (χ0v) is 22.1. The largest absolute Gasteiger partial charge is 0.489 e. The second kappa shape index (κ2) is 12.0. The fraction of sp³-hybridized carbons (Fsp3) is 0.212. The molecule has 1 heterocycles. The van der Waals surface area contributed by atoms with E-state index in [1.807, 2.05) is 54.6 Å². The van der Waals surface area contributed by atoms with Crippen LogP contribution in [0.4, 0.5) is 17.6 Å². The van der Waals surface area contributed by atoms with E-state index in [0.29, 0.717) is 17.9 Å². The Labute approximate surface area is 231 Å². The Morgan fingerprint density at radius 2 is 1.50 bits per heavy atom. The Bertz CT molecular complexity index is 1570. The molecule has 0 unspecified atom stereocenters. The van der Waals surface area contributed by atoms with Gasteiger partial charge in [0, 0.05) is 17.5 Å². The summed E-state index contributed by atoms with van der Waals surface area (Å²) < 4.78 is 65.8. The molecular weight excluding hydrogens is 516 g/mol. The first-order valence-corrected chi connectivity index (χ1v) is 13.3. The van der Waals surface area contributed by atoms with Crippen LogP contribution in [0.15, 0.2) is 97.1 Å². The van der Waals surface area contributed by atoms with Crippen molar-refractivity contribution in [2.75, 3.05) is 13.1 Å². The van der Waals surface area contributed by atoms with E-state index in [4.69, 9.17) is 4.74 Å². The quantitative estimate of drug-likeness (QED) is 0.141. The molecule has 0 saturated carbocycles. The zero-order chi connectivity index (χ0) is 28.1. The predicted molar refractivity (Wildman–Crippen MR) is 151 cm³/mol. The molecule has 0 amide bonds. The number of hydrogen-bond donors (Lipinski definition) is 1. The molecule has 5 rings (SSSR count). The van der Waals surface area contributed by atoms with Crippen LogP contribution >= 0.6 is 0 Å². The van der Waals surface area contributed by atoms with E-state index < -0.39 is 17.6 Å². The van der Waals surface area contributed by atoms with Gasteiger partial charge in [-0.05, 0) is 60.5 Å². The average Bonchev–Trinajstić information content (AvgIpc) is 3.23. The normalized spacial score (nSPS) is 11.7. The van der Waals surface area contributed by atoms with Crippen LogP contribution in [0, 0.1) is 5.82 Å². The Kier molecular flexibility index (Phi) is 8.21. The number of rotatable bonds is 10. The number of benzene rings is 4. The number of nitrogens with one attached hydrogen (secondary N) is 1. The Balaban J connectivity index is 1.56. The summed E-state index contributed by atoms with van der Waals surface area (Å²) in [6, 6.07) is 27.6. The lowest BCUT2D eigenvalue weighted by atomic mass is 10.0. The number of hydrogen-bond acceptors (Lipinski definition) is 2. The number of halogens is 4. The molecule has 0 aliphatic rings. The smallest absolute Gasteiger partial charge is 0.417 e. The van der Waals surface area contributed by atoms with Crippen molar-refractivity contribution in [1.29, 1.82) is 0 Å². The first-order valence-electron chi connectivity index (χ1n) is 13.3. The summed E-state index contributed by atoms with van der Waals surface area (Å²) in [7, 11) is 0. The Hall–Kier alpha value is -4.10. The van der Waals surface area contributed by atoms with E-state index in [1.165, 1.54) is 18.2 Å². The van der Waals surface area contributed by atoms with Crippen LogP contribution in [-0.2, 0) is 25.7 Å². The van der Waals surface area contributed by atoms with Crippen LogP contribution in [0.25, 0.3) is 22.2 Å². The molecule has 206 valence electrons. The van der Waals surface area contributed by atoms with E-state index in [1.54, 1.807) is 22.8 Å². The summed E-state index contributed by atoms with van der Waals surface area (Å²) in [6.45, 7) is 4.30. The molecule has 5 aromatic rings. The number of aromatic nitrogens is 1. The third-order valence-electron chi connectivity index (χ3n) is 6.91. The van der Waals surface area contributed by atoms with Gasteiger partial charge in [0.25, 0.3) is 0 Å². The maximum Gasteiger partial charge on any atom is 0.417 e. The molecule has 0 spiro atoms. The fourth-order valence-electron chi connectivity index (χ4n) is 4.89. The maximum atomic E-state index is 16.2. The minimum absolute atomic E-state index is 0.0978. The third-order valence-corrected chi connectivity index (χ3v) is 6.91. The van der Waals surface area contributed by atoms with Gasteiger partial charge < -0.3 is 14.6 Å². The Morgan fingerprint density at radius 3 is 2.23 bits per heavy atom. The highest BCUT2D eigenvalue weighted by Crippen LogP contribution is 2.41. The first kappa shape index (κ1) is 27.5. The van der Waals surface area contributed by atoms with Crippen molar-refractivity contribution >= 4 is 10.9 Å². The molecule has 3 nitrogen and oxygen atoms in total. The SMILES string of the molecule is CCNCCc1ccc(Cn2c(-c3ccccc3C(F)(F)F)c(F)c3cc(OCc4ccccc4)ccc32)cc1. The summed E-state index contributed by atoms with van der Waals surface area (Å²) in [5.74, 6) is -0.271. The molecule has 40 heavy (non-hydrogen) atoms. The third kappa shape index (κ3) is 6.05. The lowest BCUT2D eigenvalue weighted by Crippen LogP contribution is -2.16. The van der Waals surface area contributed by atoms with Crippen molar-refractivity contribution in [2.24, 2.45) is 0 Å². The predicted octanol–water partition coefficient (Wildman–Crippen LogP) is 8.25. The highest BCUT2D eigenvalue weighted by Gasteiger charge is 2.35. The standard InChI is InChI=1S/C33H30F4N2O/c1-2-38-19-18-23-12-14-24(15-13-23)21-39-30-17-16-26(40-22-25-8-4-3-5-9-25)20-28(30)31(34)32(39)27-10-6-7-11-29(27)33(35,36)37/h3-17,20,38H,2,18-19,21-22H2,1H3. The second-order valence-corrected chi connectivity index (χ2v) is 9.67. The van der Waals surface area contributed by atoms with Gasteiger partial charge in [0.2, 0.25) is 0 Å². The molecule has 7 heteroatoms. The van der Waals surface area contributed by atoms with E-state index in [2.05, 4.69) is 12.2 Å². The maximum absolute atomic E-state index is 16.2. The van der Waals surface area contributed by atoms with Gasteiger partial charge in [0.1, 0.15) is 12.4 Å². The van der Waals surface area contributed by atoms with Crippen molar-refractivity contribution in [3.8, 4) is 17.0 Å². The molecule has 0 aliphatic carbocycles. The second-order valence-electron chi connectivity index (χ2n) is 9.67. The minimum atomic E-state index is -4.64. The summed E-state index contributed by atoms with van der Waals surface area (Å²) in [4.78, 5) is 0. The molecule has 0 radical (unpaired) electrons. The summed E-state index contributed by atoms with van der Waals surface area (Å²) in [5.41, 5.74) is 2.28. The van der Waals surface area contributed by atoms with Crippen LogP contribution in [-0.4, -0.2) is 17.7 Å². The zero-order valence-electron chi connectivity index (χ0n) is 22.1. The van der Waals surface area contributed by atoms with Gasteiger partial charge in [-0.15, -0.1) is 0 Å². The van der Waals surface area contributed by atoms with Crippen LogP contribution in [0.5, 0.6) is 5.75 Å².